The fourth-order valence-electron chi connectivity index (χ4n) is 2.24. The number of benzene rings is 2. The molecule has 0 aliphatic carbocycles. The zero-order valence-corrected chi connectivity index (χ0v) is 12.7. The van der Waals surface area contributed by atoms with Gasteiger partial charge in [-0.05, 0) is 37.5 Å². The molecule has 0 aliphatic rings. The van der Waals surface area contributed by atoms with Gasteiger partial charge in [0, 0.05) is 19.3 Å². The summed E-state index contributed by atoms with van der Waals surface area (Å²) in [5, 5.41) is 10.3. The lowest BCUT2D eigenvalue weighted by atomic mass is 10.0. The Morgan fingerprint density at radius 2 is 1.82 bits per heavy atom. The van der Waals surface area contributed by atoms with Crippen LogP contribution >= 0.6 is 0 Å². The van der Waals surface area contributed by atoms with E-state index < -0.39 is 11.9 Å². The molecule has 3 nitrogen and oxygen atoms in total. The van der Waals surface area contributed by atoms with Crippen molar-refractivity contribution in [1.82, 2.24) is 0 Å². The van der Waals surface area contributed by atoms with E-state index in [0.29, 0.717) is 24.3 Å². The van der Waals surface area contributed by atoms with Gasteiger partial charge in [0.25, 0.3) is 0 Å². The summed E-state index contributed by atoms with van der Waals surface area (Å²) < 4.78 is 24.7. The van der Waals surface area contributed by atoms with Gasteiger partial charge in [-0.3, -0.25) is 0 Å². The average molecular weight is 304 g/mol. The Hall–Kier alpha value is -1.91. The van der Waals surface area contributed by atoms with Crippen LogP contribution in [0.1, 0.15) is 30.9 Å². The predicted molar refractivity (Wildman–Crippen MR) is 83.6 cm³/mol. The molecule has 1 atom stereocenters. The van der Waals surface area contributed by atoms with Crippen molar-refractivity contribution in [1.29, 1.82) is 0 Å². The van der Waals surface area contributed by atoms with E-state index in [9.17, 15) is 9.50 Å². The normalized spacial score (nSPS) is 12.1. The van der Waals surface area contributed by atoms with Gasteiger partial charge in [0.2, 0.25) is 0 Å². The number of ether oxygens (including phenoxy) is 2. The van der Waals surface area contributed by atoms with Crippen molar-refractivity contribution in [3.63, 3.8) is 0 Å². The Kier molecular flexibility index (Phi) is 6.37. The molecule has 0 bridgehead atoms. The third-order valence-corrected chi connectivity index (χ3v) is 3.40. The smallest absolute Gasteiger partial charge is 0.168 e. The highest BCUT2D eigenvalue weighted by atomic mass is 19.1. The van der Waals surface area contributed by atoms with Crippen LogP contribution in [0.3, 0.4) is 0 Å². The standard InChI is InChI=1S/C18H21FO3/c1-21-13-6-5-12-17(20)15-10-7-11-16(19)18(15)22-14-8-3-2-4-9-14/h2-4,7-11,17,20H,5-6,12-13H2,1H3. The van der Waals surface area contributed by atoms with E-state index in [-0.39, 0.29) is 5.75 Å². The van der Waals surface area contributed by atoms with Crippen LogP contribution in [0.2, 0.25) is 0 Å². The fraction of sp³-hybridized carbons (Fsp3) is 0.333. The first-order chi connectivity index (χ1) is 10.7. The largest absolute Gasteiger partial charge is 0.454 e. The van der Waals surface area contributed by atoms with Crippen LogP contribution in [0, 0.1) is 5.82 Å². The number of hydrogen-bond donors (Lipinski definition) is 1. The number of halogens is 1. The summed E-state index contributed by atoms with van der Waals surface area (Å²) in [5.74, 6) is 0.158. The van der Waals surface area contributed by atoms with E-state index in [1.807, 2.05) is 18.2 Å². The van der Waals surface area contributed by atoms with Crippen LogP contribution in [0.15, 0.2) is 48.5 Å². The van der Waals surface area contributed by atoms with Crippen molar-refractivity contribution in [2.24, 2.45) is 0 Å². The van der Waals surface area contributed by atoms with Gasteiger partial charge in [-0.2, -0.15) is 0 Å². The maximum Gasteiger partial charge on any atom is 0.168 e. The first kappa shape index (κ1) is 16.5. The molecule has 0 saturated heterocycles. The van der Waals surface area contributed by atoms with E-state index in [1.165, 1.54) is 6.07 Å². The maximum absolute atomic E-state index is 14.1. The number of aliphatic hydroxyl groups is 1. The van der Waals surface area contributed by atoms with Crippen molar-refractivity contribution in [2.45, 2.75) is 25.4 Å². The zero-order valence-electron chi connectivity index (χ0n) is 12.7. The van der Waals surface area contributed by atoms with Crippen LogP contribution in [0.5, 0.6) is 11.5 Å². The van der Waals surface area contributed by atoms with E-state index >= 15 is 0 Å². The lowest BCUT2D eigenvalue weighted by Gasteiger charge is -2.16. The van der Waals surface area contributed by atoms with Crippen LogP contribution in [0.25, 0.3) is 0 Å². The van der Waals surface area contributed by atoms with Gasteiger partial charge in [0.1, 0.15) is 5.75 Å². The molecule has 0 heterocycles. The molecule has 0 fully saturated rings. The van der Waals surface area contributed by atoms with Crippen LogP contribution in [0.4, 0.5) is 4.39 Å². The fourth-order valence-corrected chi connectivity index (χ4v) is 2.24. The van der Waals surface area contributed by atoms with E-state index in [4.69, 9.17) is 9.47 Å². The summed E-state index contributed by atoms with van der Waals surface area (Å²) in [6.07, 6.45) is 1.44. The summed E-state index contributed by atoms with van der Waals surface area (Å²) in [6, 6.07) is 13.6. The third kappa shape index (κ3) is 4.55. The minimum absolute atomic E-state index is 0.0907. The maximum atomic E-state index is 14.1. The number of hydrogen-bond acceptors (Lipinski definition) is 3. The molecule has 1 N–H and O–H groups in total. The summed E-state index contributed by atoms with van der Waals surface area (Å²) in [6.45, 7) is 0.656. The van der Waals surface area contributed by atoms with Gasteiger partial charge < -0.3 is 14.6 Å². The second kappa shape index (κ2) is 8.51. The summed E-state index contributed by atoms with van der Waals surface area (Å²) in [4.78, 5) is 0. The first-order valence-electron chi connectivity index (χ1n) is 7.40. The molecule has 4 heteroatoms. The van der Waals surface area contributed by atoms with Gasteiger partial charge in [0.05, 0.1) is 6.10 Å². The highest BCUT2D eigenvalue weighted by molar-refractivity contribution is 5.40. The topological polar surface area (TPSA) is 38.7 Å². The molecule has 0 saturated carbocycles. The molecule has 0 amide bonds. The van der Waals surface area contributed by atoms with Crippen molar-refractivity contribution < 1.29 is 19.0 Å². The lowest BCUT2D eigenvalue weighted by molar-refractivity contribution is 0.148. The molecular formula is C18H21FO3. The van der Waals surface area contributed by atoms with Crippen molar-refractivity contribution in [3.8, 4) is 11.5 Å². The van der Waals surface area contributed by atoms with Crippen molar-refractivity contribution >= 4 is 0 Å². The number of para-hydroxylation sites is 2. The van der Waals surface area contributed by atoms with E-state index in [1.54, 1.807) is 31.4 Å². The molecule has 0 aromatic heterocycles. The molecule has 2 aromatic rings. The summed E-state index contributed by atoms with van der Waals surface area (Å²) >= 11 is 0. The first-order valence-corrected chi connectivity index (χ1v) is 7.40. The van der Waals surface area contributed by atoms with E-state index in [2.05, 4.69) is 0 Å². The number of unbranched alkanes of at least 4 members (excludes halogenated alkanes) is 1. The Balaban J connectivity index is 2.12. The molecule has 22 heavy (non-hydrogen) atoms. The average Bonchev–Trinajstić information content (AvgIpc) is 2.54. The highest BCUT2D eigenvalue weighted by Crippen LogP contribution is 2.34. The van der Waals surface area contributed by atoms with Crippen LogP contribution < -0.4 is 4.74 Å². The summed E-state index contributed by atoms with van der Waals surface area (Å²) in [5.41, 5.74) is 0.473. The molecule has 2 rings (SSSR count). The predicted octanol–water partition coefficient (Wildman–Crippen LogP) is 4.47. The van der Waals surface area contributed by atoms with Crippen LogP contribution in [-0.2, 0) is 4.74 Å². The van der Waals surface area contributed by atoms with Gasteiger partial charge in [-0.15, -0.1) is 0 Å². The van der Waals surface area contributed by atoms with Crippen molar-refractivity contribution in [2.75, 3.05) is 13.7 Å². The van der Waals surface area contributed by atoms with Gasteiger partial charge in [-0.1, -0.05) is 30.3 Å². The monoisotopic (exact) mass is 304 g/mol. The number of methoxy groups -OCH3 is 1. The summed E-state index contributed by atoms with van der Waals surface area (Å²) in [7, 11) is 1.65. The zero-order chi connectivity index (χ0) is 15.8. The quantitative estimate of drug-likeness (QED) is 0.731. The Morgan fingerprint density at radius 1 is 1.05 bits per heavy atom. The minimum Gasteiger partial charge on any atom is -0.454 e. The van der Waals surface area contributed by atoms with E-state index in [0.717, 1.165) is 12.8 Å². The second-order valence-corrected chi connectivity index (χ2v) is 5.08. The molecule has 0 radical (unpaired) electrons. The number of rotatable bonds is 8. The minimum atomic E-state index is -0.758. The molecule has 0 aliphatic heterocycles. The Morgan fingerprint density at radius 3 is 2.55 bits per heavy atom. The molecule has 0 spiro atoms. The van der Waals surface area contributed by atoms with Gasteiger partial charge in [-0.25, -0.2) is 4.39 Å². The van der Waals surface area contributed by atoms with Crippen molar-refractivity contribution in [3.05, 3.63) is 59.9 Å². The Labute approximate surface area is 130 Å². The molecule has 1 unspecified atom stereocenters. The molecule has 2 aromatic carbocycles. The SMILES string of the molecule is COCCCCC(O)c1cccc(F)c1Oc1ccccc1. The van der Waals surface area contributed by atoms with Gasteiger partial charge in [0.15, 0.2) is 11.6 Å². The van der Waals surface area contributed by atoms with Gasteiger partial charge >= 0.3 is 0 Å². The molecular weight excluding hydrogens is 283 g/mol. The lowest BCUT2D eigenvalue weighted by Crippen LogP contribution is -2.03. The Bertz CT molecular complexity index is 572. The second-order valence-electron chi connectivity index (χ2n) is 5.08. The van der Waals surface area contributed by atoms with Crippen LogP contribution in [-0.4, -0.2) is 18.8 Å². The third-order valence-electron chi connectivity index (χ3n) is 3.40. The number of aliphatic hydroxyl groups excluding tert-OH is 1. The highest BCUT2D eigenvalue weighted by Gasteiger charge is 2.17. The molecule has 118 valence electrons.